The van der Waals surface area contributed by atoms with Gasteiger partial charge in [-0.3, -0.25) is 9.59 Å². The van der Waals surface area contributed by atoms with E-state index in [1.807, 2.05) is 13.8 Å². The van der Waals surface area contributed by atoms with Crippen LogP contribution >= 0.6 is 0 Å². The molecule has 0 saturated carbocycles. The van der Waals surface area contributed by atoms with Crippen LogP contribution in [-0.2, 0) is 14.3 Å². The molecule has 1 aliphatic heterocycles. The third kappa shape index (κ3) is 8.77. The molecule has 1 fully saturated rings. The number of hydrogen-bond acceptors (Lipinski definition) is 3. The van der Waals surface area contributed by atoms with Crippen molar-refractivity contribution in [1.82, 2.24) is 5.32 Å². The highest BCUT2D eigenvalue weighted by atomic mass is 19.1. The summed E-state index contributed by atoms with van der Waals surface area (Å²) in [5.74, 6) is -0.334. The molecule has 0 radical (unpaired) electrons. The Balaban J connectivity index is 1.58. The van der Waals surface area contributed by atoms with E-state index in [2.05, 4.69) is 10.6 Å². The lowest BCUT2D eigenvalue weighted by Crippen LogP contribution is -3.28. The molecular weight excluding hydrogens is 363 g/mol. The van der Waals surface area contributed by atoms with E-state index in [1.54, 1.807) is 12.1 Å². The first-order chi connectivity index (χ1) is 13.4. The smallest absolute Gasteiger partial charge is 0.279 e. The minimum absolute atomic E-state index is 0.0667. The molecule has 4 N–H and O–H groups in total. The van der Waals surface area contributed by atoms with Crippen molar-refractivity contribution in [2.45, 2.75) is 26.4 Å². The number of rotatable bonds is 10. The van der Waals surface area contributed by atoms with E-state index in [1.165, 1.54) is 21.9 Å². The van der Waals surface area contributed by atoms with Crippen molar-refractivity contribution in [1.29, 1.82) is 0 Å². The SMILES string of the molecule is CC(C)OCCCNC(=O)C[NH+]1CC[NH+](CC(=O)Nc2ccc(F)cc2)CC1. The van der Waals surface area contributed by atoms with Gasteiger partial charge in [-0.25, -0.2) is 4.39 Å². The Morgan fingerprint density at radius 2 is 1.61 bits per heavy atom. The van der Waals surface area contributed by atoms with Crippen molar-refractivity contribution in [2.24, 2.45) is 0 Å². The number of amides is 2. The van der Waals surface area contributed by atoms with E-state index in [4.69, 9.17) is 4.74 Å². The van der Waals surface area contributed by atoms with Crippen LogP contribution in [0.3, 0.4) is 0 Å². The summed E-state index contributed by atoms with van der Waals surface area (Å²) in [7, 11) is 0. The molecule has 1 aromatic carbocycles. The molecule has 0 bridgehead atoms. The zero-order valence-electron chi connectivity index (χ0n) is 16.9. The standard InChI is InChI=1S/C20H31FN4O3/c1-16(2)28-13-3-8-22-19(26)14-24-9-11-25(12-10-24)15-20(27)23-18-6-4-17(21)5-7-18/h4-7,16H,3,8-15H2,1-2H3,(H,22,26)(H,23,27)/p+2. The van der Waals surface area contributed by atoms with Gasteiger partial charge in [-0.1, -0.05) is 0 Å². The fourth-order valence-corrected chi connectivity index (χ4v) is 3.18. The summed E-state index contributed by atoms with van der Waals surface area (Å²) >= 11 is 0. The topological polar surface area (TPSA) is 76.3 Å². The molecular formula is C20H33FN4O3+2. The number of carbonyl (C=O) groups excluding carboxylic acids is 2. The van der Waals surface area contributed by atoms with Gasteiger partial charge in [0.25, 0.3) is 11.8 Å². The quantitative estimate of drug-likeness (QED) is 0.363. The minimum Gasteiger partial charge on any atom is -0.379 e. The second kappa shape index (κ2) is 11.7. The molecule has 156 valence electrons. The van der Waals surface area contributed by atoms with Crippen molar-refractivity contribution in [3.63, 3.8) is 0 Å². The lowest BCUT2D eigenvalue weighted by Gasteiger charge is -2.28. The third-order valence-corrected chi connectivity index (χ3v) is 4.71. The number of carbonyl (C=O) groups is 2. The normalized spacial score (nSPS) is 19.4. The second-order valence-corrected chi connectivity index (χ2v) is 7.53. The molecule has 0 aromatic heterocycles. The van der Waals surface area contributed by atoms with Gasteiger partial charge in [0, 0.05) is 18.8 Å². The number of benzene rings is 1. The molecule has 0 spiro atoms. The summed E-state index contributed by atoms with van der Waals surface area (Å²) < 4.78 is 18.4. The van der Waals surface area contributed by atoms with Crippen LogP contribution in [0.5, 0.6) is 0 Å². The first kappa shape index (κ1) is 22.3. The van der Waals surface area contributed by atoms with E-state index in [9.17, 15) is 14.0 Å². The van der Waals surface area contributed by atoms with Crippen molar-refractivity contribution in [3.8, 4) is 0 Å². The van der Waals surface area contributed by atoms with Crippen molar-refractivity contribution in [2.75, 3.05) is 57.7 Å². The van der Waals surface area contributed by atoms with Gasteiger partial charge in [0.15, 0.2) is 13.1 Å². The van der Waals surface area contributed by atoms with E-state index in [0.717, 1.165) is 32.6 Å². The summed E-state index contributed by atoms with van der Waals surface area (Å²) in [5.41, 5.74) is 0.602. The number of hydrogen-bond donors (Lipinski definition) is 4. The first-order valence-electron chi connectivity index (χ1n) is 10.0. The summed E-state index contributed by atoms with van der Waals surface area (Å²) in [6, 6.07) is 5.76. The van der Waals surface area contributed by atoms with Crippen molar-refractivity contribution < 1.29 is 28.5 Å². The monoisotopic (exact) mass is 396 g/mol. The fourth-order valence-electron chi connectivity index (χ4n) is 3.18. The molecule has 0 atom stereocenters. The Kier molecular flexibility index (Phi) is 9.33. The summed E-state index contributed by atoms with van der Waals surface area (Å²) in [5, 5.41) is 5.73. The Bertz CT molecular complexity index is 616. The van der Waals surface area contributed by atoms with Crippen LogP contribution in [0.2, 0.25) is 0 Å². The van der Waals surface area contributed by atoms with Gasteiger partial charge in [-0.05, 0) is 44.5 Å². The predicted octanol–water partition coefficient (Wildman–Crippen LogP) is -1.52. The lowest BCUT2D eigenvalue weighted by molar-refractivity contribution is -1.00. The molecule has 7 nitrogen and oxygen atoms in total. The molecule has 1 aromatic rings. The minimum atomic E-state index is -0.323. The fraction of sp³-hybridized carbons (Fsp3) is 0.600. The summed E-state index contributed by atoms with van der Waals surface area (Å²) in [6.07, 6.45) is 1.04. The van der Waals surface area contributed by atoms with Gasteiger partial charge < -0.3 is 25.2 Å². The van der Waals surface area contributed by atoms with Crippen LogP contribution in [-0.4, -0.2) is 70.3 Å². The lowest BCUT2D eigenvalue weighted by atomic mass is 10.3. The highest BCUT2D eigenvalue weighted by molar-refractivity contribution is 5.91. The van der Waals surface area contributed by atoms with Gasteiger partial charge in [0.1, 0.15) is 32.0 Å². The van der Waals surface area contributed by atoms with Crippen LogP contribution < -0.4 is 20.4 Å². The number of anilines is 1. The molecule has 1 aliphatic rings. The maximum absolute atomic E-state index is 12.9. The highest BCUT2D eigenvalue weighted by Crippen LogP contribution is 2.07. The average Bonchev–Trinajstić information content (AvgIpc) is 2.64. The Hall–Kier alpha value is -2.03. The zero-order chi connectivity index (χ0) is 20.4. The molecule has 8 heteroatoms. The third-order valence-electron chi connectivity index (χ3n) is 4.71. The molecule has 28 heavy (non-hydrogen) atoms. The first-order valence-corrected chi connectivity index (χ1v) is 10.0. The van der Waals surface area contributed by atoms with Gasteiger partial charge in [-0.2, -0.15) is 0 Å². The van der Waals surface area contributed by atoms with Crippen LogP contribution in [0.25, 0.3) is 0 Å². The summed E-state index contributed by atoms with van der Waals surface area (Å²) in [4.78, 5) is 26.6. The van der Waals surface area contributed by atoms with Gasteiger partial charge in [0.2, 0.25) is 0 Å². The number of nitrogens with one attached hydrogen (secondary N) is 4. The van der Waals surface area contributed by atoms with E-state index >= 15 is 0 Å². The second-order valence-electron chi connectivity index (χ2n) is 7.53. The van der Waals surface area contributed by atoms with Crippen molar-refractivity contribution >= 4 is 17.5 Å². The molecule has 1 heterocycles. The largest absolute Gasteiger partial charge is 0.379 e. The Morgan fingerprint density at radius 1 is 1.04 bits per heavy atom. The van der Waals surface area contributed by atoms with Crippen LogP contribution in [0.1, 0.15) is 20.3 Å². The Labute approximate surface area is 166 Å². The molecule has 2 rings (SSSR count). The van der Waals surface area contributed by atoms with Crippen LogP contribution in [0, 0.1) is 5.82 Å². The summed E-state index contributed by atoms with van der Waals surface area (Å²) in [6.45, 7) is 9.57. The molecule has 1 saturated heterocycles. The van der Waals surface area contributed by atoms with Gasteiger partial charge in [0.05, 0.1) is 6.10 Å². The maximum Gasteiger partial charge on any atom is 0.279 e. The van der Waals surface area contributed by atoms with Gasteiger partial charge in [-0.15, -0.1) is 0 Å². The van der Waals surface area contributed by atoms with Crippen molar-refractivity contribution in [3.05, 3.63) is 30.1 Å². The number of quaternary nitrogens is 2. The number of piperazine rings is 1. The average molecular weight is 397 g/mol. The van der Waals surface area contributed by atoms with E-state index in [-0.39, 0.29) is 23.7 Å². The Morgan fingerprint density at radius 3 is 2.18 bits per heavy atom. The number of halogens is 1. The molecule has 0 aliphatic carbocycles. The molecule has 0 unspecified atom stereocenters. The maximum atomic E-state index is 12.9. The van der Waals surface area contributed by atoms with Gasteiger partial charge >= 0.3 is 0 Å². The van der Waals surface area contributed by atoms with Crippen LogP contribution in [0.15, 0.2) is 24.3 Å². The zero-order valence-corrected chi connectivity index (χ0v) is 16.9. The molecule has 2 amide bonds. The predicted molar refractivity (Wildman–Crippen MR) is 105 cm³/mol. The van der Waals surface area contributed by atoms with Crippen LogP contribution in [0.4, 0.5) is 10.1 Å². The van der Waals surface area contributed by atoms with E-state index < -0.39 is 0 Å². The highest BCUT2D eigenvalue weighted by Gasteiger charge is 2.26. The number of ether oxygens (including phenoxy) is 1. The van der Waals surface area contributed by atoms with E-state index in [0.29, 0.717) is 31.9 Å².